The number of carbonyl (C=O) groups excluding carboxylic acids is 1. The van der Waals surface area contributed by atoms with E-state index in [4.69, 9.17) is 4.74 Å². The normalized spacial score (nSPS) is 14.2. The number of halogens is 1. The average molecular weight is 381 g/mol. The van der Waals surface area contributed by atoms with Crippen molar-refractivity contribution in [1.29, 1.82) is 0 Å². The summed E-state index contributed by atoms with van der Waals surface area (Å²) in [5.74, 6) is 0. The van der Waals surface area contributed by atoms with Crippen LogP contribution in [0.15, 0.2) is 34.8 Å². The van der Waals surface area contributed by atoms with Gasteiger partial charge in [-0.3, -0.25) is 4.90 Å². The van der Waals surface area contributed by atoms with Gasteiger partial charge in [-0.25, -0.2) is 4.79 Å². The fraction of sp³-hybridized carbons (Fsp3) is 0.500. The minimum atomic E-state index is -0.323. The van der Waals surface area contributed by atoms with E-state index in [9.17, 15) is 4.79 Å². The molecule has 0 bridgehead atoms. The van der Waals surface area contributed by atoms with E-state index in [0.717, 1.165) is 43.4 Å². The summed E-state index contributed by atoms with van der Waals surface area (Å²) in [4.78, 5) is 13.9. The molecule has 4 nitrogen and oxygen atoms in total. The van der Waals surface area contributed by atoms with Crippen molar-refractivity contribution in [2.24, 2.45) is 0 Å². The number of alkyl carbamates (subject to hydrolysis) is 1. The fourth-order valence-corrected chi connectivity index (χ4v) is 2.99. The van der Waals surface area contributed by atoms with Crippen LogP contribution in [0.25, 0.3) is 0 Å². The molecule has 1 aliphatic rings. The quantitative estimate of drug-likeness (QED) is 0.549. The van der Waals surface area contributed by atoms with Gasteiger partial charge in [0.25, 0.3) is 0 Å². The molecular formula is C18H25BrN2O2. The Balaban J connectivity index is 1.73. The van der Waals surface area contributed by atoms with Gasteiger partial charge in [0.15, 0.2) is 0 Å². The number of ether oxygens (including phenoxy) is 1. The zero-order chi connectivity index (χ0) is 16.5. The van der Waals surface area contributed by atoms with Crippen LogP contribution in [0.3, 0.4) is 0 Å². The second-order valence-electron chi connectivity index (χ2n) is 5.76. The van der Waals surface area contributed by atoms with Gasteiger partial charge in [-0.1, -0.05) is 53.6 Å². The number of benzene rings is 1. The summed E-state index contributed by atoms with van der Waals surface area (Å²) in [5, 5.41) is 2.79. The van der Waals surface area contributed by atoms with Crippen molar-refractivity contribution in [2.75, 3.05) is 26.2 Å². The third-order valence-electron chi connectivity index (χ3n) is 3.82. The number of nitrogens with zero attached hydrogens (tertiary/aromatic N) is 1. The van der Waals surface area contributed by atoms with E-state index >= 15 is 0 Å². The van der Waals surface area contributed by atoms with E-state index in [1.54, 1.807) is 0 Å². The molecule has 0 unspecified atom stereocenters. The SMILES string of the molecule is CCCCOC(=O)NCCc1ccc(CN2CC=CC2)c(Br)c1. The van der Waals surface area contributed by atoms with Crippen molar-refractivity contribution in [3.05, 3.63) is 46.0 Å². The molecule has 1 aromatic rings. The second kappa shape index (κ2) is 9.73. The Morgan fingerprint density at radius 2 is 2.13 bits per heavy atom. The van der Waals surface area contributed by atoms with Gasteiger partial charge in [0, 0.05) is 30.7 Å². The molecule has 1 N–H and O–H groups in total. The Kier molecular flexibility index (Phi) is 7.62. The molecule has 0 spiro atoms. The van der Waals surface area contributed by atoms with Crippen molar-refractivity contribution in [2.45, 2.75) is 32.7 Å². The van der Waals surface area contributed by atoms with Gasteiger partial charge in [0.2, 0.25) is 0 Å². The first-order chi connectivity index (χ1) is 11.2. The number of carbonyl (C=O) groups is 1. The lowest BCUT2D eigenvalue weighted by Crippen LogP contribution is -2.26. The topological polar surface area (TPSA) is 41.6 Å². The molecule has 0 aliphatic carbocycles. The maximum atomic E-state index is 11.5. The second-order valence-corrected chi connectivity index (χ2v) is 6.61. The number of unbranched alkanes of at least 4 members (excludes halogenated alkanes) is 1. The van der Waals surface area contributed by atoms with Gasteiger partial charge < -0.3 is 10.1 Å². The summed E-state index contributed by atoms with van der Waals surface area (Å²) in [5.41, 5.74) is 2.50. The lowest BCUT2D eigenvalue weighted by molar-refractivity contribution is 0.144. The number of hydrogen-bond donors (Lipinski definition) is 1. The molecule has 2 rings (SSSR count). The predicted octanol–water partition coefficient (Wildman–Crippen LogP) is 3.89. The predicted molar refractivity (Wildman–Crippen MR) is 96.5 cm³/mol. The summed E-state index contributed by atoms with van der Waals surface area (Å²) >= 11 is 3.66. The molecular weight excluding hydrogens is 356 g/mol. The molecule has 0 aromatic heterocycles. The summed E-state index contributed by atoms with van der Waals surface area (Å²) in [6.07, 6.45) is 6.82. The molecule has 126 valence electrons. The highest BCUT2D eigenvalue weighted by Gasteiger charge is 2.10. The van der Waals surface area contributed by atoms with Crippen LogP contribution < -0.4 is 5.32 Å². The molecule has 1 aliphatic heterocycles. The Hall–Kier alpha value is -1.33. The Labute approximate surface area is 147 Å². The van der Waals surface area contributed by atoms with E-state index in [0.29, 0.717) is 13.2 Å². The van der Waals surface area contributed by atoms with Gasteiger partial charge in [0.05, 0.1) is 6.61 Å². The van der Waals surface area contributed by atoms with Crippen LogP contribution in [0.4, 0.5) is 4.79 Å². The summed E-state index contributed by atoms with van der Waals surface area (Å²) in [6.45, 7) is 6.16. The zero-order valence-corrected chi connectivity index (χ0v) is 15.3. The van der Waals surface area contributed by atoms with Crippen molar-refractivity contribution in [1.82, 2.24) is 10.2 Å². The number of amides is 1. The lowest BCUT2D eigenvalue weighted by Gasteiger charge is -2.16. The van der Waals surface area contributed by atoms with Crippen LogP contribution in [0.1, 0.15) is 30.9 Å². The number of hydrogen-bond acceptors (Lipinski definition) is 3. The van der Waals surface area contributed by atoms with Crippen LogP contribution in [0.5, 0.6) is 0 Å². The summed E-state index contributed by atoms with van der Waals surface area (Å²) in [6, 6.07) is 6.44. The molecule has 0 saturated heterocycles. The Morgan fingerprint density at radius 1 is 1.35 bits per heavy atom. The smallest absolute Gasteiger partial charge is 0.407 e. The van der Waals surface area contributed by atoms with Crippen molar-refractivity contribution in [3.63, 3.8) is 0 Å². The first-order valence-corrected chi connectivity index (χ1v) is 9.03. The van der Waals surface area contributed by atoms with Crippen molar-refractivity contribution < 1.29 is 9.53 Å². The molecule has 0 atom stereocenters. The Morgan fingerprint density at radius 3 is 2.83 bits per heavy atom. The monoisotopic (exact) mass is 380 g/mol. The van der Waals surface area contributed by atoms with Gasteiger partial charge in [0.1, 0.15) is 0 Å². The summed E-state index contributed by atoms with van der Waals surface area (Å²) < 4.78 is 6.20. The van der Waals surface area contributed by atoms with E-state index in [1.165, 1.54) is 11.1 Å². The highest BCUT2D eigenvalue weighted by atomic mass is 79.9. The molecule has 5 heteroatoms. The molecule has 1 amide bonds. The first-order valence-electron chi connectivity index (χ1n) is 8.24. The third kappa shape index (κ3) is 6.36. The van der Waals surface area contributed by atoms with Crippen LogP contribution in [-0.4, -0.2) is 37.2 Å². The van der Waals surface area contributed by atoms with Crippen LogP contribution >= 0.6 is 15.9 Å². The first kappa shape index (κ1) is 18.0. The molecule has 1 aromatic carbocycles. The fourth-order valence-electron chi connectivity index (χ4n) is 2.44. The third-order valence-corrected chi connectivity index (χ3v) is 4.56. The molecule has 0 saturated carbocycles. The van der Waals surface area contributed by atoms with Crippen LogP contribution in [0, 0.1) is 0 Å². The van der Waals surface area contributed by atoms with Crippen molar-refractivity contribution >= 4 is 22.0 Å². The van der Waals surface area contributed by atoms with E-state index in [-0.39, 0.29) is 6.09 Å². The minimum Gasteiger partial charge on any atom is -0.450 e. The standard InChI is InChI=1S/C18H25BrN2O2/c1-2-3-12-23-18(22)20-9-8-15-6-7-16(17(19)13-15)14-21-10-4-5-11-21/h4-7,13H,2-3,8-12,14H2,1H3,(H,20,22). The van der Waals surface area contributed by atoms with Crippen molar-refractivity contribution in [3.8, 4) is 0 Å². The largest absolute Gasteiger partial charge is 0.450 e. The van der Waals surface area contributed by atoms with Gasteiger partial charge in [-0.15, -0.1) is 0 Å². The van der Waals surface area contributed by atoms with E-state index in [2.05, 4.69) is 63.4 Å². The van der Waals surface area contributed by atoms with Gasteiger partial charge >= 0.3 is 6.09 Å². The Bertz CT molecular complexity index is 538. The van der Waals surface area contributed by atoms with Crippen LogP contribution in [0.2, 0.25) is 0 Å². The number of nitrogens with one attached hydrogen (secondary N) is 1. The zero-order valence-electron chi connectivity index (χ0n) is 13.7. The van der Waals surface area contributed by atoms with Crippen LogP contribution in [-0.2, 0) is 17.7 Å². The maximum absolute atomic E-state index is 11.5. The average Bonchev–Trinajstić information content (AvgIpc) is 3.03. The lowest BCUT2D eigenvalue weighted by atomic mass is 10.1. The molecule has 0 fully saturated rings. The molecule has 1 heterocycles. The van der Waals surface area contributed by atoms with Gasteiger partial charge in [-0.05, 0) is 30.0 Å². The molecule has 0 radical (unpaired) electrons. The highest BCUT2D eigenvalue weighted by molar-refractivity contribution is 9.10. The highest BCUT2D eigenvalue weighted by Crippen LogP contribution is 2.21. The molecule has 23 heavy (non-hydrogen) atoms. The van der Waals surface area contributed by atoms with Gasteiger partial charge in [-0.2, -0.15) is 0 Å². The maximum Gasteiger partial charge on any atom is 0.407 e. The van der Waals surface area contributed by atoms with E-state index in [1.807, 2.05) is 0 Å². The summed E-state index contributed by atoms with van der Waals surface area (Å²) in [7, 11) is 0. The van der Waals surface area contributed by atoms with E-state index < -0.39 is 0 Å². The number of rotatable bonds is 8. The minimum absolute atomic E-state index is 0.323.